The average molecular weight is 564 g/mol. The first-order chi connectivity index (χ1) is 17.5. The molecule has 0 aromatic heterocycles. The third kappa shape index (κ3) is 6.08. The molecule has 1 aliphatic heterocycles. The van der Waals surface area contributed by atoms with Crippen LogP contribution in [0.1, 0.15) is 23.6 Å². The summed E-state index contributed by atoms with van der Waals surface area (Å²) < 4.78 is 17.6. The first kappa shape index (κ1) is 25.4. The quantitative estimate of drug-likeness (QED) is 0.328. The molecule has 1 heterocycles. The molecule has 0 aliphatic carbocycles. The van der Waals surface area contributed by atoms with E-state index < -0.39 is 0 Å². The number of nitrogens with zero attached hydrogens (tertiary/aromatic N) is 2. The van der Waals surface area contributed by atoms with Gasteiger partial charge in [0.1, 0.15) is 12.4 Å². The number of benzene rings is 3. The van der Waals surface area contributed by atoms with Crippen LogP contribution in [0, 0.1) is 11.3 Å². The number of halogens is 1. The molecule has 1 saturated heterocycles. The van der Waals surface area contributed by atoms with E-state index in [9.17, 15) is 10.1 Å². The minimum atomic E-state index is -0.229. The van der Waals surface area contributed by atoms with Gasteiger partial charge in [0.05, 0.1) is 40.4 Å². The van der Waals surface area contributed by atoms with Gasteiger partial charge in [0, 0.05) is 5.56 Å². The highest BCUT2D eigenvalue weighted by Gasteiger charge is 2.24. The molecule has 1 aliphatic rings. The summed E-state index contributed by atoms with van der Waals surface area (Å²) >= 11 is 4.80. The Morgan fingerprint density at radius 2 is 1.92 bits per heavy atom. The lowest BCUT2D eigenvalue weighted by molar-refractivity contribution is -0.115. The average Bonchev–Trinajstić information content (AvgIpc) is 3.22. The van der Waals surface area contributed by atoms with Crippen LogP contribution >= 0.6 is 27.7 Å². The maximum Gasteiger partial charge on any atom is 0.264 e. The van der Waals surface area contributed by atoms with E-state index in [-0.39, 0.29) is 12.5 Å². The predicted molar refractivity (Wildman–Crippen MR) is 145 cm³/mol. The van der Waals surface area contributed by atoms with Crippen LogP contribution in [0.2, 0.25) is 0 Å². The molecule has 4 rings (SSSR count). The molecule has 0 saturated carbocycles. The fourth-order valence-corrected chi connectivity index (χ4v) is 4.82. The number of hydrogen-bond acceptors (Lipinski definition) is 7. The van der Waals surface area contributed by atoms with Gasteiger partial charge in [0.25, 0.3) is 5.91 Å². The van der Waals surface area contributed by atoms with Crippen molar-refractivity contribution in [1.82, 2.24) is 5.32 Å². The normalized spacial score (nSPS) is 15.0. The van der Waals surface area contributed by atoms with Crippen LogP contribution in [0.5, 0.6) is 17.2 Å². The number of rotatable bonds is 8. The van der Waals surface area contributed by atoms with E-state index in [4.69, 9.17) is 14.2 Å². The Balaban J connectivity index is 1.51. The lowest BCUT2D eigenvalue weighted by Crippen LogP contribution is -2.19. The SMILES string of the molecule is CCOc1ccc(N=C2NC(=O)/C(=C\c3cc(Br)c(OCc4ccccc4C#N)c(OC)c3)S2)cc1. The molecule has 0 bridgehead atoms. The molecule has 3 aromatic carbocycles. The molecule has 182 valence electrons. The van der Waals surface area contributed by atoms with Crippen LogP contribution in [-0.2, 0) is 11.4 Å². The van der Waals surface area contributed by atoms with Crippen molar-refractivity contribution < 1.29 is 19.0 Å². The molecule has 0 unspecified atom stereocenters. The summed E-state index contributed by atoms with van der Waals surface area (Å²) in [5, 5.41) is 12.6. The van der Waals surface area contributed by atoms with E-state index >= 15 is 0 Å². The van der Waals surface area contributed by atoms with Crippen LogP contribution in [0.15, 0.2) is 75.0 Å². The Labute approximate surface area is 221 Å². The van der Waals surface area contributed by atoms with Gasteiger partial charge in [-0.25, -0.2) is 4.99 Å². The van der Waals surface area contributed by atoms with Gasteiger partial charge >= 0.3 is 0 Å². The minimum absolute atomic E-state index is 0.211. The largest absolute Gasteiger partial charge is 0.494 e. The highest BCUT2D eigenvalue weighted by atomic mass is 79.9. The second kappa shape index (κ2) is 11.8. The van der Waals surface area contributed by atoms with Crippen LogP contribution in [0.4, 0.5) is 5.69 Å². The fraction of sp³-hybridized carbons (Fsp3) is 0.148. The Morgan fingerprint density at radius 1 is 1.14 bits per heavy atom. The minimum Gasteiger partial charge on any atom is -0.494 e. The van der Waals surface area contributed by atoms with Gasteiger partial charge in [-0.05, 0) is 88.7 Å². The summed E-state index contributed by atoms with van der Waals surface area (Å²) in [6.07, 6.45) is 1.77. The Kier molecular flexibility index (Phi) is 8.31. The van der Waals surface area contributed by atoms with Crippen molar-refractivity contribution in [3.05, 3.63) is 86.7 Å². The molecule has 36 heavy (non-hydrogen) atoms. The summed E-state index contributed by atoms with van der Waals surface area (Å²) in [6, 6.07) is 20.4. The summed E-state index contributed by atoms with van der Waals surface area (Å²) in [6.45, 7) is 2.73. The van der Waals surface area contributed by atoms with Gasteiger partial charge in [-0.3, -0.25) is 4.79 Å². The first-order valence-electron chi connectivity index (χ1n) is 11.0. The summed E-state index contributed by atoms with van der Waals surface area (Å²) in [5.41, 5.74) is 2.80. The highest BCUT2D eigenvalue weighted by molar-refractivity contribution is 9.10. The Hall–Kier alpha value is -3.74. The highest BCUT2D eigenvalue weighted by Crippen LogP contribution is 2.39. The lowest BCUT2D eigenvalue weighted by Gasteiger charge is -2.14. The number of aliphatic imine (C=N–C) groups is 1. The van der Waals surface area contributed by atoms with Crippen molar-refractivity contribution in [2.45, 2.75) is 13.5 Å². The molecule has 9 heteroatoms. The number of thioether (sulfide) groups is 1. The number of carbonyl (C=O) groups excluding carboxylic acids is 1. The second-order valence-corrected chi connectivity index (χ2v) is 9.39. The maximum atomic E-state index is 12.5. The number of nitrogens with one attached hydrogen (secondary N) is 1. The van der Waals surface area contributed by atoms with Crippen LogP contribution < -0.4 is 19.5 Å². The number of carbonyl (C=O) groups is 1. The zero-order valence-corrected chi connectivity index (χ0v) is 22.0. The van der Waals surface area contributed by atoms with Crippen molar-refractivity contribution in [2.24, 2.45) is 4.99 Å². The number of amidine groups is 1. The molecule has 1 amide bonds. The zero-order valence-electron chi connectivity index (χ0n) is 19.6. The van der Waals surface area contributed by atoms with Crippen molar-refractivity contribution in [1.29, 1.82) is 5.26 Å². The number of methoxy groups -OCH3 is 1. The maximum absolute atomic E-state index is 12.5. The monoisotopic (exact) mass is 563 g/mol. The molecule has 0 spiro atoms. The van der Waals surface area contributed by atoms with Gasteiger partial charge in [-0.1, -0.05) is 18.2 Å². The van der Waals surface area contributed by atoms with Crippen LogP contribution in [0.3, 0.4) is 0 Å². The van der Waals surface area contributed by atoms with Gasteiger partial charge in [-0.2, -0.15) is 5.26 Å². The number of amides is 1. The van der Waals surface area contributed by atoms with Crippen LogP contribution in [0.25, 0.3) is 6.08 Å². The number of nitriles is 1. The van der Waals surface area contributed by atoms with E-state index in [1.165, 1.54) is 11.8 Å². The van der Waals surface area contributed by atoms with E-state index in [1.54, 1.807) is 25.3 Å². The zero-order chi connectivity index (χ0) is 25.5. The standard InChI is InChI=1S/C27H22BrN3O4S/c1-3-34-21-10-8-20(9-11-21)30-27-31-26(32)24(36-27)14-17-12-22(28)25(23(13-17)33-2)35-16-19-7-5-4-6-18(19)15-29/h4-14H,3,16H2,1-2H3,(H,30,31,32)/b24-14+. The van der Waals surface area contributed by atoms with Gasteiger partial charge in [0.2, 0.25) is 0 Å². The number of ether oxygens (including phenoxy) is 3. The van der Waals surface area contributed by atoms with Crippen molar-refractivity contribution in [3.8, 4) is 23.3 Å². The Bertz CT molecular complexity index is 1380. The third-order valence-corrected chi connectivity index (χ3v) is 6.59. The molecule has 7 nitrogen and oxygen atoms in total. The molecule has 0 radical (unpaired) electrons. The topological polar surface area (TPSA) is 92.9 Å². The van der Waals surface area contributed by atoms with Gasteiger partial charge < -0.3 is 19.5 Å². The van der Waals surface area contributed by atoms with E-state index in [2.05, 4.69) is 32.3 Å². The molecular weight excluding hydrogens is 542 g/mol. The predicted octanol–water partition coefficient (Wildman–Crippen LogP) is 6.20. The Morgan fingerprint density at radius 3 is 2.64 bits per heavy atom. The second-order valence-electron chi connectivity index (χ2n) is 7.50. The summed E-state index contributed by atoms with van der Waals surface area (Å²) in [5.74, 6) is 1.55. The smallest absolute Gasteiger partial charge is 0.264 e. The fourth-order valence-electron chi connectivity index (χ4n) is 3.40. The lowest BCUT2D eigenvalue weighted by atomic mass is 10.1. The molecule has 1 N–H and O–H groups in total. The molecule has 0 atom stereocenters. The third-order valence-electron chi connectivity index (χ3n) is 5.09. The van der Waals surface area contributed by atoms with Crippen molar-refractivity contribution in [2.75, 3.05) is 13.7 Å². The van der Waals surface area contributed by atoms with Gasteiger partial charge in [0.15, 0.2) is 16.7 Å². The number of hydrogen-bond donors (Lipinski definition) is 1. The van der Waals surface area contributed by atoms with Gasteiger partial charge in [-0.15, -0.1) is 0 Å². The van der Waals surface area contributed by atoms with E-state index in [0.29, 0.717) is 43.9 Å². The van der Waals surface area contributed by atoms with Crippen molar-refractivity contribution >= 4 is 50.5 Å². The first-order valence-corrected chi connectivity index (χ1v) is 12.6. The summed E-state index contributed by atoms with van der Waals surface area (Å²) in [7, 11) is 1.55. The molecular formula is C27H22BrN3O4S. The summed E-state index contributed by atoms with van der Waals surface area (Å²) in [4.78, 5) is 17.6. The van der Waals surface area contributed by atoms with E-state index in [1.807, 2.05) is 55.5 Å². The van der Waals surface area contributed by atoms with E-state index in [0.717, 1.165) is 16.9 Å². The molecule has 3 aromatic rings. The van der Waals surface area contributed by atoms with Crippen LogP contribution in [-0.4, -0.2) is 24.8 Å². The van der Waals surface area contributed by atoms with Crippen molar-refractivity contribution in [3.63, 3.8) is 0 Å². The molecule has 1 fully saturated rings.